The average Bonchev–Trinajstić information content (AvgIpc) is 2.77. The minimum atomic E-state index is -0.140. The van der Waals surface area contributed by atoms with Crippen LogP contribution in [-0.2, 0) is 9.53 Å². The van der Waals surface area contributed by atoms with Crippen LogP contribution in [0.1, 0.15) is 55.6 Å². The van der Waals surface area contributed by atoms with Gasteiger partial charge in [-0.2, -0.15) is 5.26 Å². The molecule has 0 aliphatic carbocycles. The molecule has 136 valence electrons. The van der Waals surface area contributed by atoms with E-state index in [-0.39, 0.29) is 17.5 Å². The molecule has 1 aliphatic rings. The maximum Gasteiger partial charge on any atom is 0.264 e. The first kappa shape index (κ1) is 19.3. The number of methoxy groups -OCH3 is 1. The topological polar surface area (TPSA) is 58.3 Å². The molecule has 1 fully saturated rings. The average molecular weight is 343 g/mol. The normalized spacial score (nSPS) is 17.1. The number of nitrogens with zero attached hydrogens (tertiary/aromatic N) is 3. The highest BCUT2D eigenvalue weighted by atomic mass is 16.5. The van der Waals surface area contributed by atoms with E-state index in [1.807, 2.05) is 24.8 Å². The zero-order valence-electron chi connectivity index (χ0n) is 15.8. The van der Waals surface area contributed by atoms with Gasteiger partial charge in [0.1, 0.15) is 11.6 Å². The molecule has 2 rings (SSSR count). The number of ether oxygens (including phenoxy) is 1. The van der Waals surface area contributed by atoms with Crippen LogP contribution in [0.4, 0.5) is 0 Å². The molecule has 0 aromatic carbocycles. The Kier molecular flexibility index (Phi) is 6.83. The summed E-state index contributed by atoms with van der Waals surface area (Å²) in [6.07, 6.45) is 6.11. The van der Waals surface area contributed by atoms with E-state index in [9.17, 15) is 10.1 Å². The van der Waals surface area contributed by atoms with Gasteiger partial charge >= 0.3 is 0 Å². The summed E-state index contributed by atoms with van der Waals surface area (Å²) in [6, 6.07) is 4.36. The summed E-state index contributed by atoms with van der Waals surface area (Å²) >= 11 is 0. The minimum absolute atomic E-state index is 0.140. The van der Waals surface area contributed by atoms with Crippen LogP contribution >= 0.6 is 0 Å². The molecule has 5 nitrogen and oxygen atoms in total. The number of aromatic nitrogens is 1. The lowest BCUT2D eigenvalue weighted by molar-refractivity contribution is -0.126. The van der Waals surface area contributed by atoms with Gasteiger partial charge < -0.3 is 14.2 Å². The first-order valence-electron chi connectivity index (χ1n) is 9.08. The number of aryl methyl sites for hydroxylation is 1. The highest BCUT2D eigenvalue weighted by Gasteiger charge is 2.21. The van der Waals surface area contributed by atoms with E-state index in [0.717, 1.165) is 55.7 Å². The molecule has 0 N–H and O–H groups in total. The number of hydrogen-bond acceptors (Lipinski definition) is 3. The molecule has 1 aliphatic heterocycles. The highest BCUT2D eigenvalue weighted by molar-refractivity contribution is 6.01. The molecule has 1 saturated heterocycles. The number of nitriles is 1. The van der Waals surface area contributed by atoms with E-state index in [4.69, 9.17) is 4.74 Å². The lowest BCUT2D eigenvalue weighted by atomic mass is 10.1. The minimum Gasteiger partial charge on any atom is -0.383 e. The van der Waals surface area contributed by atoms with Gasteiger partial charge in [-0.05, 0) is 51.3 Å². The Labute approximate surface area is 150 Å². The number of carbonyl (C=O) groups excluding carboxylic acids is 1. The van der Waals surface area contributed by atoms with Crippen molar-refractivity contribution < 1.29 is 9.53 Å². The molecule has 1 atom stereocenters. The molecule has 0 radical (unpaired) electrons. The molecule has 0 bridgehead atoms. The van der Waals surface area contributed by atoms with E-state index >= 15 is 0 Å². The van der Waals surface area contributed by atoms with Crippen molar-refractivity contribution in [2.75, 3.05) is 26.8 Å². The predicted molar refractivity (Wildman–Crippen MR) is 99.1 cm³/mol. The number of hydrogen-bond donors (Lipinski definition) is 0. The van der Waals surface area contributed by atoms with Crippen molar-refractivity contribution in [3.8, 4) is 6.07 Å². The molecular formula is C20H29N3O2. The van der Waals surface area contributed by atoms with Crippen LogP contribution in [0.2, 0.25) is 0 Å². The molecule has 0 saturated carbocycles. The third-order valence-corrected chi connectivity index (χ3v) is 4.92. The Bertz CT molecular complexity index is 674. The lowest BCUT2D eigenvalue weighted by Gasteiger charge is -2.19. The number of amides is 1. The maximum absolute atomic E-state index is 12.7. The highest BCUT2D eigenvalue weighted by Crippen LogP contribution is 2.23. The Hall–Kier alpha value is -2.06. The van der Waals surface area contributed by atoms with Crippen LogP contribution < -0.4 is 0 Å². The summed E-state index contributed by atoms with van der Waals surface area (Å²) < 4.78 is 7.45. The van der Waals surface area contributed by atoms with Crippen LogP contribution in [0.5, 0.6) is 0 Å². The Morgan fingerprint density at radius 3 is 2.52 bits per heavy atom. The van der Waals surface area contributed by atoms with Gasteiger partial charge in [-0.3, -0.25) is 4.79 Å². The first-order chi connectivity index (χ1) is 12.0. The van der Waals surface area contributed by atoms with E-state index in [2.05, 4.69) is 17.6 Å². The standard InChI is InChI=1S/C20H29N3O2/c1-15-11-18(17(3)23(15)16(2)14-25-4)12-19(13-21)20(24)22-9-7-5-6-8-10-22/h11-12,16H,5-10,14H2,1-4H3/b19-12+. The monoisotopic (exact) mass is 343 g/mol. The fraction of sp³-hybridized carbons (Fsp3) is 0.600. The second-order valence-corrected chi connectivity index (χ2v) is 6.88. The van der Waals surface area contributed by atoms with Crippen LogP contribution in [0.3, 0.4) is 0 Å². The van der Waals surface area contributed by atoms with Gasteiger partial charge in [-0.25, -0.2) is 0 Å². The SMILES string of the molecule is COCC(C)n1c(C)cc(/C=C(\C#N)C(=O)N2CCCCCC2)c1C. The van der Waals surface area contributed by atoms with Crippen LogP contribution in [0.15, 0.2) is 11.6 Å². The fourth-order valence-corrected chi connectivity index (χ4v) is 3.68. The summed E-state index contributed by atoms with van der Waals surface area (Å²) in [7, 11) is 1.69. The second-order valence-electron chi connectivity index (χ2n) is 6.88. The van der Waals surface area contributed by atoms with Crippen LogP contribution in [-0.4, -0.2) is 42.2 Å². The van der Waals surface area contributed by atoms with Crippen LogP contribution in [0.25, 0.3) is 6.08 Å². The van der Waals surface area contributed by atoms with E-state index < -0.39 is 0 Å². The van der Waals surface area contributed by atoms with E-state index in [1.54, 1.807) is 13.2 Å². The van der Waals surface area contributed by atoms with Gasteiger partial charge in [0.2, 0.25) is 0 Å². The zero-order valence-corrected chi connectivity index (χ0v) is 15.8. The van der Waals surface area contributed by atoms with Crippen molar-refractivity contribution in [3.05, 3.63) is 28.6 Å². The Morgan fingerprint density at radius 2 is 1.96 bits per heavy atom. The van der Waals surface area contributed by atoms with Crippen molar-refractivity contribution >= 4 is 12.0 Å². The third kappa shape index (κ3) is 4.52. The van der Waals surface area contributed by atoms with Gasteiger partial charge in [0, 0.05) is 31.6 Å². The number of carbonyl (C=O) groups is 1. The quantitative estimate of drug-likeness (QED) is 0.606. The van der Waals surface area contributed by atoms with Crippen molar-refractivity contribution in [3.63, 3.8) is 0 Å². The molecule has 5 heteroatoms. The summed E-state index contributed by atoms with van der Waals surface area (Å²) in [5, 5.41) is 9.53. The van der Waals surface area contributed by atoms with Gasteiger partial charge in [-0.1, -0.05) is 12.8 Å². The molecule has 0 spiro atoms. The Morgan fingerprint density at radius 1 is 1.32 bits per heavy atom. The number of likely N-dealkylation sites (tertiary alicyclic amines) is 1. The zero-order chi connectivity index (χ0) is 18.4. The molecule has 1 unspecified atom stereocenters. The van der Waals surface area contributed by atoms with E-state index in [0.29, 0.717) is 6.61 Å². The Balaban J connectivity index is 2.29. The van der Waals surface area contributed by atoms with Gasteiger partial charge in [0.05, 0.1) is 12.6 Å². The first-order valence-corrected chi connectivity index (χ1v) is 9.08. The largest absolute Gasteiger partial charge is 0.383 e. The number of rotatable bonds is 5. The van der Waals surface area contributed by atoms with Crippen molar-refractivity contribution in [2.24, 2.45) is 0 Å². The van der Waals surface area contributed by atoms with Gasteiger partial charge in [0.25, 0.3) is 5.91 Å². The second kappa shape index (κ2) is 8.87. The molecule has 1 amide bonds. The molecular weight excluding hydrogens is 314 g/mol. The third-order valence-electron chi connectivity index (χ3n) is 4.92. The summed E-state index contributed by atoms with van der Waals surface area (Å²) in [6.45, 7) is 8.29. The van der Waals surface area contributed by atoms with Gasteiger partial charge in [-0.15, -0.1) is 0 Å². The molecule has 1 aromatic rings. The summed E-state index contributed by atoms with van der Waals surface area (Å²) in [5.74, 6) is -0.140. The lowest BCUT2D eigenvalue weighted by Crippen LogP contribution is -2.32. The smallest absolute Gasteiger partial charge is 0.264 e. The van der Waals surface area contributed by atoms with Crippen molar-refractivity contribution in [1.82, 2.24) is 9.47 Å². The molecule has 2 heterocycles. The predicted octanol–water partition coefficient (Wildman–Crippen LogP) is 3.62. The molecule has 1 aromatic heterocycles. The summed E-state index contributed by atoms with van der Waals surface area (Å²) in [4.78, 5) is 14.6. The summed E-state index contributed by atoms with van der Waals surface area (Å²) in [5.41, 5.74) is 3.31. The van der Waals surface area contributed by atoms with Crippen LogP contribution in [0, 0.1) is 25.2 Å². The van der Waals surface area contributed by atoms with E-state index in [1.165, 1.54) is 0 Å². The van der Waals surface area contributed by atoms with Crippen molar-refractivity contribution in [2.45, 2.75) is 52.5 Å². The molecule has 25 heavy (non-hydrogen) atoms. The van der Waals surface area contributed by atoms with Gasteiger partial charge in [0.15, 0.2) is 0 Å². The maximum atomic E-state index is 12.7. The van der Waals surface area contributed by atoms with Crippen molar-refractivity contribution in [1.29, 1.82) is 5.26 Å². The fourth-order valence-electron chi connectivity index (χ4n) is 3.68.